The molecule has 0 aliphatic carbocycles. The first-order valence-electron chi connectivity index (χ1n) is 9.53. The molecule has 0 aromatic heterocycles. The Morgan fingerprint density at radius 1 is 0.920 bits per heavy atom. The van der Waals surface area contributed by atoms with Gasteiger partial charge in [-0.15, -0.1) is 0 Å². The maximum absolute atomic E-state index is 12.0. The van der Waals surface area contributed by atoms with Crippen LogP contribution in [0.25, 0.3) is 0 Å². The molecule has 0 radical (unpaired) electrons. The van der Waals surface area contributed by atoms with Crippen LogP contribution in [-0.2, 0) is 4.74 Å². The van der Waals surface area contributed by atoms with E-state index in [1.807, 2.05) is 0 Å². The van der Waals surface area contributed by atoms with Gasteiger partial charge in [-0.05, 0) is 49.9 Å². The molecular weight excluding hydrogens is 336 g/mol. The van der Waals surface area contributed by atoms with Gasteiger partial charge in [0.2, 0.25) is 0 Å². The highest BCUT2D eigenvalue weighted by Crippen LogP contribution is 2.06. The minimum atomic E-state index is -0.256. The number of quaternary nitrogens is 1. The van der Waals surface area contributed by atoms with E-state index < -0.39 is 0 Å². The van der Waals surface area contributed by atoms with E-state index in [2.05, 4.69) is 13.8 Å². The number of esters is 1. The lowest BCUT2D eigenvalue weighted by Gasteiger charge is -2.19. The number of rotatable bonds is 13. The van der Waals surface area contributed by atoms with Crippen LogP contribution in [0.3, 0.4) is 0 Å². The van der Waals surface area contributed by atoms with Crippen molar-refractivity contribution in [2.75, 3.05) is 32.0 Å². The maximum atomic E-state index is 12.0. The van der Waals surface area contributed by atoms with Crippen molar-refractivity contribution in [1.82, 2.24) is 0 Å². The Kier molecular flexibility index (Phi) is 14.3. The fraction of sp³-hybridized carbons (Fsp3) is 0.650. The molecule has 144 valence electrons. The van der Waals surface area contributed by atoms with Crippen molar-refractivity contribution in [1.29, 1.82) is 0 Å². The molecule has 4 nitrogen and oxygen atoms in total. The molecule has 0 unspecified atom stereocenters. The lowest BCUT2D eigenvalue weighted by molar-refractivity contribution is -0.900. The van der Waals surface area contributed by atoms with E-state index in [0.29, 0.717) is 17.9 Å². The lowest BCUT2D eigenvalue weighted by atomic mass is 10.2. The normalized spacial score (nSPS) is 10.5. The van der Waals surface area contributed by atoms with Crippen molar-refractivity contribution in [3.05, 3.63) is 29.8 Å². The number of halogens is 1. The van der Waals surface area contributed by atoms with E-state index in [1.54, 1.807) is 29.2 Å². The third-order valence-electron chi connectivity index (χ3n) is 4.32. The van der Waals surface area contributed by atoms with Crippen LogP contribution < -0.4 is 23.0 Å². The quantitative estimate of drug-likeness (QED) is 0.294. The molecule has 3 N–H and O–H groups in total. The highest BCUT2D eigenvalue weighted by molar-refractivity contribution is 5.89. The van der Waals surface area contributed by atoms with Gasteiger partial charge in [0.25, 0.3) is 0 Å². The maximum Gasteiger partial charge on any atom is 0.338 e. The van der Waals surface area contributed by atoms with Crippen LogP contribution in [0.15, 0.2) is 24.3 Å². The Morgan fingerprint density at radius 2 is 1.44 bits per heavy atom. The Labute approximate surface area is 159 Å². The first kappa shape index (κ1) is 23.7. The van der Waals surface area contributed by atoms with Crippen molar-refractivity contribution >= 4 is 11.7 Å². The van der Waals surface area contributed by atoms with Crippen molar-refractivity contribution in [2.24, 2.45) is 0 Å². The molecular formula is C20H35ClN2O2. The summed E-state index contributed by atoms with van der Waals surface area (Å²) < 4.78 is 5.38. The monoisotopic (exact) mass is 370 g/mol. The number of hydrogen-bond donors (Lipinski definition) is 2. The number of anilines is 1. The van der Waals surface area contributed by atoms with Gasteiger partial charge in [-0.25, -0.2) is 4.79 Å². The summed E-state index contributed by atoms with van der Waals surface area (Å²) in [7, 11) is 0. The number of unbranched alkanes of at least 4 members (excludes halogenated alkanes) is 4. The van der Waals surface area contributed by atoms with Crippen LogP contribution in [0.4, 0.5) is 5.69 Å². The molecule has 0 aliphatic rings. The average molecular weight is 371 g/mol. The number of carbonyl (C=O) groups is 1. The molecule has 1 aromatic carbocycles. The SMILES string of the molecule is CCCCC[NH+](CCCCC)CCCOC(=O)c1ccc(N)cc1.[Cl-]. The highest BCUT2D eigenvalue weighted by Gasteiger charge is 2.10. The Hall–Kier alpha value is -1.26. The zero-order valence-corrected chi connectivity index (χ0v) is 16.6. The topological polar surface area (TPSA) is 56.8 Å². The van der Waals surface area contributed by atoms with Crippen molar-refractivity contribution in [3.8, 4) is 0 Å². The summed E-state index contributed by atoms with van der Waals surface area (Å²) in [5.41, 5.74) is 6.85. The molecule has 1 rings (SSSR count). The summed E-state index contributed by atoms with van der Waals surface area (Å²) in [6.07, 6.45) is 8.66. The Balaban J connectivity index is 0.00000576. The number of hydrogen-bond acceptors (Lipinski definition) is 3. The first-order valence-corrected chi connectivity index (χ1v) is 9.53. The third kappa shape index (κ3) is 11.1. The van der Waals surface area contributed by atoms with Gasteiger partial charge < -0.3 is 27.8 Å². The van der Waals surface area contributed by atoms with E-state index in [-0.39, 0.29) is 18.4 Å². The second kappa shape index (κ2) is 15.0. The van der Waals surface area contributed by atoms with Crippen LogP contribution in [0.2, 0.25) is 0 Å². The van der Waals surface area contributed by atoms with Gasteiger partial charge in [-0.1, -0.05) is 26.7 Å². The summed E-state index contributed by atoms with van der Waals surface area (Å²) in [4.78, 5) is 13.6. The highest BCUT2D eigenvalue weighted by atomic mass is 35.5. The molecule has 0 fully saturated rings. The molecule has 0 atom stereocenters. The molecule has 0 spiro atoms. The molecule has 5 heteroatoms. The number of nitrogens with two attached hydrogens (primary N) is 1. The van der Waals surface area contributed by atoms with E-state index in [4.69, 9.17) is 10.5 Å². The molecule has 0 saturated heterocycles. The summed E-state index contributed by atoms with van der Waals surface area (Å²) in [6, 6.07) is 6.88. The van der Waals surface area contributed by atoms with Gasteiger partial charge in [0.05, 0.1) is 31.8 Å². The zero-order chi connectivity index (χ0) is 17.6. The first-order chi connectivity index (χ1) is 11.7. The number of carbonyl (C=O) groups excluding carboxylic acids is 1. The molecule has 0 heterocycles. The van der Waals surface area contributed by atoms with Gasteiger partial charge in [-0.3, -0.25) is 0 Å². The Morgan fingerprint density at radius 3 is 1.96 bits per heavy atom. The van der Waals surface area contributed by atoms with E-state index in [1.165, 1.54) is 51.6 Å². The van der Waals surface area contributed by atoms with Crippen LogP contribution in [0.1, 0.15) is 69.2 Å². The smallest absolute Gasteiger partial charge is 0.338 e. The Bertz CT molecular complexity index is 442. The number of benzene rings is 1. The third-order valence-corrected chi connectivity index (χ3v) is 4.32. The summed E-state index contributed by atoms with van der Waals surface area (Å²) in [5, 5.41) is 0. The van der Waals surface area contributed by atoms with Crippen molar-refractivity contribution < 1.29 is 26.8 Å². The van der Waals surface area contributed by atoms with Gasteiger partial charge in [0.1, 0.15) is 0 Å². The van der Waals surface area contributed by atoms with Gasteiger partial charge in [0.15, 0.2) is 0 Å². The van der Waals surface area contributed by atoms with Gasteiger partial charge in [-0.2, -0.15) is 0 Å². The van der Waals surface area contributed by atoms with Crippen LogP contribution in [0.5, 0.6) is 0 Å². The average Bonchev–Trinajstić information content (AvgIpc) is 2.59. The fourth-order valence-corrected chi connectivity index (χ4v) is 2.81. The summed E-state index contributed by atoms with van der Waals surface area (Å²) in [6.45, 7) is 8.55. The largest absolute Gasteiger partial charge is 1.00 e. The molecule has 25 heavy (non-hydrogen) atoms. The van der Waals surface area contributed by atoms with E-state index >= 15 is 0 Å². The molecule has 0 saturated carbocycles. The van der Waals surface area contributed by atoms with Crippen molar-refractivity contribution in [3.63, 3.8) is 0 Å². The second-order valence-electron chi connectivity index (χ2n) is 6.53. The molecule has 0 aliphatic heterocycles. The number of nitrogens with one attached hydrogen (secondary N) is 1. The molecule has 0 bridgehead atoms. The number of nitrogen functional groups attached to an aromatic ring is 1. The lowest BCUT2D eigenvalue weighted by Crippen LogP contribution is -3.12. The summed E-state index contributed by atoms with van der Waals surface area (Å²) >= 11 is 0. The second-order valence-corrected chi connectivity index (χ2v) is 6.53. The minimum Gasteiger partial charge on any atom is -1.00 e. The van der Waals surface area contributed by atoms with Crippen LogP contribution >= 0.6 is 0 Å². The van der Waals surface area contributed by atoms with Gasteiger partial charge in [0, 0.05) is 12.1 Å². The predicted octanol–water partition coefficient (Wildman–Crippen LogP) is 0.0850. The van der Waals surface area contributed by atoms with Crippen molar-refractivity contribution in [2.45, 2.75) is 58.8 Å². The zero-order valence-electron chi connectivity index (χ0n) is 15.9. The molecule has 0 amide bonds. The van der Waals surface area contributed by atoms with Gasteiger partial charge >= 0.3 is 5.97 Å². The predicted molar refractivity (Wildman–Crippen MR) is 100 cm³/mol. The fourth-order valence-electron chi connectivity index (χ4n) is 2.81. The van der Waals surface area contributed by atoms with E-state index in [9.17, 15) is 4.79 Å². The number of ether oxygens (including phenoxy) is 1. The standard InChI is InChI=1S/C20H34N2O2.ClH/c1-3-5-7-14-22(15-8-6-4-2)16-9-17-24-20(23)18-10-12-19(21)13-11-18;/h10-13H,3-9,14-17,21H2,1-2H3;1H. The minimum absolute atomic E-state index is 0. The van der Waals surface area contributed by atoms with E-state index in [0.717, 1.165) is 13.0 Å². The van der Waals surface area contributed by atoms with Crippen LogP contribution in [-0.4, -0.2) is 32.2 Å². The molecule has 1 aromatic rings. The summed E-state index contributed by atoms with van der Waals surface area (Å²) in [5.74, 6) is -0.256. The van der Waals surface area contributed by atoms with Crippen LogP contribution in [0, 0.1) is 0 Å².